The molecule has 1 aliphatic rings. The average molecular weight is 410 g/mol. The van der Waals surface area contributed by atoms with E-state index in [9.17, 15) is 13.2 Å². The van der Waals surface area contributed by atoms with Crippen LogP contribution in [0.4, 0.5) is 5.69 Å². The van der Waals surface area contributed by atoms with Gasteiger partial charge in [0.25, 0.3) is 0 Å². The van der Waals surface area contributed by atoms with Crippen LogP contribution in [0.25, 0.3) is 10.8 Å². The summed E-state index contributed by atoms with van der Waals surface area (Å²) in [4.78, 5) is 12.7. The van der Waals surface area contributed by atoms with E-state index in [0.717, 1.165) is 16.5 Å². The number of Topliss-reactive ketones (excluding diaryl/α,β-unsaturated/α-hetero) is 1. The predicted molar refractivity (Wildman–Crippen MR) is 113 cm³/mol. The second-order valence-corrected chi connectivity index (χ2v) is 8.82. The van der Waals surface area contributed by atoms with Crippen LogP contribution in [-0.2, 0) is 14.8 Å². The number of nitrogens with zero attached hydrogens (tertiary/aromatic N) is 1. The number of hydrogen-bond acceptors (Lipinski definition) is 5. The molecule has 1 aliphatic heterocycles. The summed E-state index contributed by atoms with van der Waals surface area (Å²) >= 11 is 0. The number of benzene rings is 3. The highest BCUT2D eigenvalue weighted by Gasteiger charge is 2.26. The fourth-order valence-corrected chi connectivity index (χ4v) is 4.74. The first-order valence-corrected chi connectivity index (χ1v) is 10.9. The van der Waals surface area contributed by atoms with Crippen LogP contribution in [-0.4, -0.2) is 51.4 Å². The zero-order chi connectivity index (χ0) is 20.3. The Hall–Kier alpha value is -2.74. The third kappa shape index (κ3) is 4.32. The van der Waals surface area contributed by atoms with Gasteiger partial charge in [-0.1, -0.05) is 30.3 Å². The molecule has 0 radical (unpaired) electrons. The topological polar surface area (TPSA) is 75.7 Å². The van der Waals surface area contributed by atoms with E-state index in [2.05, 4.69) is 5.32 Å². The van der Waals surface area contributed by atoms with Crippen molar-refractivity contribution in [2.24, 2.45) is 0 Å². The van der Waals surface area contributed by atoms with Gasteiger partial charge in [0.05, 0.1) is 24.7 Å². The summed E-state index contributed by atoms with van der Waals surface area (Å²) in [5.41, 5.74) is 1.34. The molecule has 0 atom stereocenters. The maximum Gasteiger partial charge on any atom is 0.243 e. The Balaban J connectivity index is 1.42. The van der Waals surface area contributed by atoms with Crippen LogP contribution in [0.15, 0.2) is 71.6 Å². The molecule has 1 saturated heterocycles. The number of fused-ring (bicyclic) bond motifs is 1. The van der Waals surface area contributed by atoms with E-state index in [-0.39, 0.29) is 17.2 Å². The van der Waals surface area contributed by atoms with Gasteiger partial charge in [-0.05, 0) is 47.2 Å². The van der Waals surface area contributed by atoms with Crippen LogP contribution >= 0.6 is 0 Å². The smallest absolute Gasteiger partial charge is 0.243 e. The van der Waals surface area contributed by atoms with Crippen LogP contribution < -0.4 is 5.32 Å². The first-order chi connectivity index (χ1) is 14.0. The minimum atomic E-state index is -3.55. The second kappa shape index (κ2) is 8.32. The molecule has 0 aromatic heterocycles. The van der Waals surface area contributed by atoms with Crippen molar-refractivity contribution in [3.8, 4) is 0 Å². The van der Waals surface area contributed by atoms with E-state index in [0.29, 0.717) is 31.9 Å². The summed E-state index contributed by atoms with van der Waals surface area (Å²) in [6.45, 7) is 1.62. The van der Waals surface area contributed by atoms with E-state index in [4.69, 9.17) is 4.74 Å². The Kier molecular flexibility index (Phi) is 5.62. The average Bonchev–Trinajstić information content (AvgIpc) is 2.78. The number of hydrogen-bond donors (Lipinski definition) is 1. The van der Waals surface area contributed by atoms with E-state index in [1.54, 1.807) is 12.1 Å². The van der Waals surface area contributed by atoms with Crippen molar-refractivity contribution >= 4 is 32.3 Å². The van der Waals surface area contributed by atoms with Gasteiger partial charge in [-0.15, -0.1) is 0 Å². The van der Waals surface area contributed by atoms with Crippen molar-refractivity contribution in [2.45, 2.75) is 4.90 Å². The van der Waals surface area contributed by atoms with E-state index in [1.165, 1.54) is 16.4 Å². The van der Waals surface area contributed by atoms with Crippen molar-refractivity contribution in [1.29, 1.82) is 0 Å². The van der Waals surface area contributed by atoms with Crippen molar-refractivity contribution in [2.75, 3.05) is 38.2 Å². The molecule has 3 aromatic rings. The molecule has 6 nitrogen and oxygen atoms in total. The molecule has 7 heteroatoms. The summed E-state index contributed by atoms with van der Waals surface area (Å²) in [5, 5.41) is 5.38. The number of nitrogens with one attached hydrogen (secondary N) is 1. The maximum absolute atomic E-state index is 12.7. The molecule has 0 unspecified atom stereocenters. The van der Waals surface area contributed by atoms with Crippen molar-refractivity contribution in [1.82, 2.24) is 4.31 Å². The summed E-state index contributed by atoms with van der Waals surface area (Å²) in [6, 6.07) is 20.1. The number of sulfonamides is 1. The van der Waals surface area contributed by atoms with E-state index >= 15 is 0 Å². The van der Waals surface area contributed by atoms with Crippen LogP contribution in [0.1, 0.15) is 10.4 Å². The molecule has 1 N–H and O–H groups in total. The Labute approximate surface area is 170 Å². The van der Waals surface area contributed by atoms with Crippen LogP contribution in [0.3, 0.4) is 0 Å². The van der Waals surface area contributed by atoms with Gasteiger partial charge >= 0.3 is 0 Å². The first-order valence-electron chi connectivity index (χ1n) is 9.48. The van der Waals surface area contributed by atoms with Gasteiger partial charge in [0.1, 0.15) is 0 Å². The highest BCUT2D eigenvalue weighted by atomic mass is 32.2. The fraction of sp³-hybridized carbons (Fsp3) is 0.227. The molecule has 4 rings (SSSR count). The molecule has 3 aromatic carbocycles. The number of morpholine rings is 1. The van der Waals surface area contributed by atoms with Crippen molar-refractivity contribution in [3.63, 3.8) is 0 Å². The van der Waals surface area contributed by atoms with Gasteiger partial charge in [0.15, 0.2) is 5.78 Å². The highest BCUT2D eigenvalue weighted by Crippen LogP contribution is 2.20. The number of rotatable bonds is 6. The highest BCUT2D eigenvalue weighted by molar-refractivity contribution is 7.89. The molecule has 1 heterocycles. The minimum Gasteiger partial charge on any atom is -0.379 e. The Morgan fingerprint density at radius 1 is 0.931 bits per heavy atom. The van der Waals surface area contributed by atoms with Gasteiger partial charge in [0.2, 0.25) is 10.0 Å². The lowest BCUT2D eigenvalue weighted by molar-refractivity contribution is 0.0730. The molecule has 1 fully saturated rings. The summed E-state index contributed by atoms with van der Waals surface area (Å²) in [5.74, 6) is -0.103. The van der Waals surface area contributed by atoms with E-state index < -0.39 is 10.0 Å². The quantitative estimate of drug-likeness (QED) is 0.632. The summed E-state index contributed by atoms with van der Waals surface area (Å²) in [6.07, 6.45) is 0. The third-order valence-electron chi connectivity index (χ3n) is 4.99. The van der Waals surface area contributed by atoms with E-state index in [1.807, 2.05) is 42.5 Å². The molecule has 0 saturated carbocycles. The number of carbonyl (C=O) groups is 1. The zero-order valence-corrected chi connectivity index (χ0v) is 16.7. The van der Waals surface area contributed by atoms with Crippen LogP contribution in [0.5, 0.6) is 0 Å². The Morgan fingerprint density at radius 2 is 1.62 bits per heavy atom. The molecular weight excluding hydrogens is 388 g/mol. The summed E-state index contributed by atoms with van der Waals surface area (Å²) in [7, 11) is -3.55. The number of ether oxygens (including phenoxy) is 1. The lowest BCUT2D eigenvalue weighted by Crippen LogP contribution is -2.40. The lowest BCUT2D eigenvalue weighted by atomic mass is 10.1. The predicted octanol–water partition coefficient (Wildman–Crippen LogP) is 3.16. The summed E-state index contributed by atoms with van der Waals surface area (Å²) < 4.78 is 31.9. The number of anilines is 1. The lowest BCUT2D eigenvalue weighted by Gasteiger charge is -2.26. The number of carbonyl (C=O) groups excluding carboxylic acids is 1. The van der Waals surface area contributed by atoms with Gasteiger partial charge in [-0.3, -0.25) is 4.79 Å². The molecule has 0 amide bonds. The maximum atomic E-state index is 12.7. The second-order valence-electron chi connectivity index (χ2n) is 6.88. The molecular formula is C22H22N2O4S. The van der Waals surface area contributed by atoms with Crippen molar-refractivity contribution < 1.29 is 17.9 Å². The van der Waals surface area contributed by atoms with Crippen molar-refractivity contribution in [3.05, 3.63) is 72.3 Å². The minimum absolute atomic E-state index is 0.103. The molecule has 0 bridgehead atoms. The zero-order valence-electron chi connectivity index (χ0n) is 15.9. The molecule has 0 aliphatic carbocycles. The Morgan fingerprint density at radius 3 is 2.34 bits per heavy atom. The van der Waals surface area contributed by atoms with Gasteiger partial charge in [-0.25, -0.2) is 8.42 Å². The monoisotopic (exact) mass is 410 g/mol. The fourth-order valence-electron chi connectivity index (χ4n) is 3.33. The first kappa shape index (κ1) is 19.6. The molecule has 29 heavy (non-hydrogen) atoms. The largest absolute Gasteiger partial charge is 0.379 e. The van der Waals surface area contributed by atoms with Gasteiger partial charge in [-0.2, -0.15) is 4.31 Å². The molecule has 150 valence electrons. The van der Waals surface area contributed by atoms with Crippen LogP contribution in [0.2, 0.25) is 0 Å². The SMILES string of the molecule is O=C(CNc1ccc2ccccc2c1)c1ccc(S(=O)(=O)N2CCOCC2)cc1. The number of ketones is 1. The Bertz CT molecular complexity index is 1120. The third-order valence-corrected chi connectivity index (χ3v) is 6.90. The standard InChI is InChI=1S/C22H22N2O4S/c25-22(16-23-20-8-5-17-3-1-2-4-19(17)15-20)18-6-9-21(10-7-18)29(26,27)24-11-13-28-14-12-24/h1-10,15,23H,11-14,16H2. The van der Waals surface area contributed by atoms with Crippen LogP contribution in [0, 0.1) is 0 Å². The molecule has 0 spiro atoms. The van der Waals surface area contributed by atoms with Gasteiger partial charge in [0, 0.05) is 24.3 Å². The normalized spacial score (nSPS) is 15.3. The van der Waals surface area contributed by atoms with Gasteiger partial charge < -0.3 is 10.1 Å².